The minimum atomic E-state index is -0.117. The van der Waals surface area contributed by atoms with E-state index >= 15 is 0 Å². The van der Waals surface area contributed by atoms with E-state index in [1.807, 2.05) is 55.5 Å². The van der Waals surface area contributed by atoms with E-state index in [1.165, 1.54) is 11.8 Å². The van der Waals surface area contributed by atoms with Crippen molar-refractivity contribution in [1.82, 2.24) is 0 Å². The van der Waals surface area contributed by atoms with Crippen molar-refractivity contribution >= 4 is 46.0 Å². The number of benzene rings is 2. The van der Waals surface area contributed by atoms with E-state index in [-0.39, 0.29) is 12.5 Å². The Kier molecular flexibility index (Phi) is 5.17. The minimum Gasteiger partial charge on any atom is -0.479 e. The second-order valence-electron chi connectivity index (χ2n) is 5.32. The quantitative estimate of drug-likeness (QED) is 0.596. The van der Waals surface area contributed by atoms with Gasteiger partial charge in [0.25, 0.3) is 5.91 Å². The van der Waals surface area contributed by atoms with E-state index in [2.05, 4.69) is 0 Å². The second kappa shape index (κ2) is 7.51. The summed E-state index contributed by atoms with van der Waals surface area (Å²) < 4.78 is 5.75. The lowest BCUT2D eigenvalue weighted by Crippen LogP contribution is -2.28. The van der Waals surface area contributed by atoms with Crippen molar-refractivity contribution in [3.8, 4) is 11.8 Å². The number of anilines is 1. The SMILES string of the molecule is Cc1ccccc1N1C(=O)/C(=C/c2ccc(OCC#N)cc2)SC1=S. The number of para-hydroxylation sites is 1. The van der Waals surface area contributed by atoms with Crippen LogP contribution >= 0.6 is 24.0 Å². The van der Waals surface area contributed by atoms with Gasteiger partial charge in [-0.15, -0.1) is 0 Å². The first-order valence-electron chi connectivity index (χ1n) is 7.53. The van der Waals surface area contributed by atoms with Crippen LogP contribution in [0.3, 0.4) is 0 Å². The summed E-state index contributed by atoms with van der Waals surface area (Å²) in [7, 11) is 0. The average molecular weight is 366 g/mol. The molecule has 1 fully saturated rings. The third-order valence-electron chi connectivity index (χ3n) is 3.63. The average Bonchev–Trinajstić information content (AvgIpc) is 2.89. The van der Waals surface area contributed by atoms with Gasteiger partial charge in [0, 0.05) is 0 Å². The predicted octanol–water partition coefficient (Wildman–Crippen LogP) is 4.30. The maximum Gasteiger partial charge on any atom is 0.270 e. The molecule has 0 bridgehead atoms. The van der Waals surface area contributed by atoms with Crippen molar-refractivity contribution in [3.05, 3.63) is 64.6 Å². The summed E-state index contributed by atoms with van der Waals surface area (Å²) in [5.41, 5.74) is 2.68. The number of hydrogen-bond donors (Lipinski definition) is 0. The van der Waals surface area contributed by atoms with Crippen LogP contribution in [0, 0.1) is 18.3 Å². The van der Waals surface area contributed by atoms with E-state index < -0.39 is 0 Å². The number of carbonyl (C=O) groups excluding carboxylic acids is 1. The predicted molar refractivity (Wildman–Crippen MR) is 104 cm³/mol. The van der Waals surface area contributed by atoms with Crippen LogP contribution in [-0.2, 0) is 4.79 Å². The number of hydrogen-bond acceptors (Lipinski definition) is 5. The third kappa shape index (κ3) is 3.73. The molecule has 0 aliphatic carbocycles. The van der Waals surface area contributed by atoms with Gasteiger partial charge in [0.2, 0.25) is 0 Å². The zero-order valence-electron chi connectivity index (χ0n) is 13.4. The topological polar surface area (TPSA) is 53.3 Å². The first kappa shape index (κ1) is 17.2. The molecule has 1 aliphatic heterocycles. The Morgan fingerprint density at radius 3 is 2.64 bits per heavy atom. The molecule has 6 heteroatoms. The van der Waals surface area contributed by atoms with Gasteiger partial charge in [-0.3, -0.25) is 9.69 Å². The molecule has 0 unspecified atom stereocenters. The van der Waals surface area contributed by atoms with E-state index in [0.29, 0.717) is 15.0 Å². The minimum absolute atomic E-state index is 0.00836. The Labute approximate surface area is 155 Å². The van der Waals surface area contributed by atoms with Crippen LogP contribution in [0.15, 0.2) is 53.4 Å². The van der Waals surface area contributed by atoms with Crippen molar-refractivity contribution in [2.24, 2.45) is 0 Å². The molecule has 124 valence electrons. The number of thioether (sulfide) groups is 1. The maximum absolute atomic E-state index is 12.8. The van der Waals surface area contributed by atoms with Crippen molar-refractivity contribution in [1.29, 1.82) is 5.26 Å². The summed E-state index contributed by atoms with van der Waals surface area (Å²) in [5.74, 6) is 0.500. The maximum atomic E-state index is 12.8. The lowest BCUT2D eigenvalue weighted by molar-refractivity contribution is -0.113. The van der Waals surface area contributed by atoms with Crippen molar-refractivity contribution in [3.63, 3.8) is 0 Å². The molecule has 4 nitrogen and oxygen atoms in total. The number of thiocarbonyl (C=S) groups is 1. The van der Waals surface area contributed by atoms with Crippen LogP contribution in [0.1, 0.15) is 11.1 Å². The van der Waals surface area contributed by atoms with Crippen LogP contribution in [0.25, 0.3) is 6.08 Å². The molecule has 1 aliphatic rings. The molecular formula is C19H14N2O2S2. The van der Waals surface area contributed by atoms with Gasteiger partial charge in [-0.1, -0.05) is 54.3 Å². The van der Waals surface area contributed by atoms with Crippen molar-refractivity contribution in [2.45, 2.75) is 6.92 Å². The standard InChI is InChI=1S/C19H14N2O2S2/c1-13-4-2-3-5-16(13)21-18(22)17(25-19(21)24)12-14-6-8-15(9-7-14)23-11-10-20/h2-9,12H,11H2,1H3/b17-12-. The molecule has 1 heterocycles. The summed E-state index contributed by atoms with van der Waals surface area (Å²) in [6.07, 6.45) is 1.81. The Morgan fingerprint density at radius 1 is 1.24 bits per heavy atom. The highest BCUT2D eigenvalue weighted by Gasteiger charge is 2.33. The molecule has 0 N–H and O–H groups in total. The molecule has 0 atom stereocenters. The van der Waals surface area contributed by atoms with Crippen LogP contribution < -0.4 is 9.64 Å². The molecule has 0 radical (unpaired) electrons. The lowest BCUT2D eigenvalue weighted by atomic mass is 10.1. The Balaban J connectivity index is 1.83. The van der Waals surface area contributed by atoms with Crippen LogP contribution in [-0.4, -0.2) is 16.8 Å². The van der Waals surface area contributed by atoms with Crippen molar-refractivity contribution < 1.29 is 9.53 Å². The van der Waals surface area contributed by atoms with Crippen LogP contribution in [0.5, 0.6) is 5.75 Å². The fourth-order valence-corrected chi connectivity index (χ4v) is 3.70. The van der Waals surface area contributed by atoms with Gasteiger partial charge in [0.05, 0.1) is 10.6 Å². The summed E-state index contributed by atoms with van der Waals surface area (Å²) in [4.78, 5) is 14.9. The molecule has 3 rings (SSSR count). The fraction of sp³-hybridized carbons (Fsp3) is 0.105. The number of aryl methyl sites for hydroxylation is 1. The molecule has 0 aromatic heterocycles. The van der Waals surface area contributed by atoms with Crippen LogP contribution in [0.4, 0.5) is 5.69 Å². The highest BCUT2D eigenvalue weighted by Crippen LogP contribution is 2.37. The zero-order valence-corrected chi connectivity index (χ0v) is 15.1. The third-order valence-corrected chi connectivity index (χ3v) is 4.93. The monoisotopic (exact) mass is 366 g/mol. The smallest absolute Gasteiger partial charge is 0.270 e. The fourth-order valence-electron chi connectivity index (χ4n) is 2.42. The van der Waals surface area contributed by atoms with Crippen molar-refractivity contribution in [2.75, 3.05) is 11.5 Å². The Morgan fingerprint density at radius 2 is 1.96 bits per heavy atom. The second-order valence-corrected chi connectivity index (χ2v) is 7.00. The molecular weight excluding hydrogens is 352 g/mol. The largest absolute Gasteiger partial charge is 0.479 e. The number of carbonyl (C=O) groups is 1. The van der Waals surface area contributed by atoms with Gasteiger partial charge < -0.3 is 4.74 Å². The van der Waals surface area contributed by atoms with Gasteiger partial charge in [-0.05, 0) is 42.3 Å². The molecule has 1 amide bonds. The summed E-state index contributed by atoms with van der Waals surface area (Å²) in [5, 5.41) is 8.52. The molecule has 25 heavy (non-hydrogen) atoms. The summed E-state index contributed by atoms with van der Waals surface area (Å²) >= 11 is 6.69. The number of rotatable bonds is 4. The Bertz CT molecular complexity index is 898. The van der Waals surface area contributed by atoms with Gasteiger partial charge in [-0.2, -0.15) is 5.26 Å². The Hall–Kier alpha value is -2.62. The molecule has 1 saturated heterocycles. The number of nitrogens with zero attached hydrogens (tertiary/aromatic N) is 2. The summed E-state index contributed by atoms with van der Waals surface area (Å²) in [6, 6.07) is 16.8. The summed E-state index contributed by atoms with van der Waals surface area (Å²) in [6.45, 7) is 1.96. The molecule has 0 spiro atoms. The number of nitriles is 1. The van der Waals surface area contributed by atoms with E-state index in [1.54, 1.807) is 17.0 Å². The first-order chi connectivity index (χ1) is 12.1. The van der Waals surface area contributed by atoms with Gasteiger partial charge in [0.15, 0.2) is 10.9 Å². The molecule has 0 saturated carbocycles. The van der Waals surface area contributed by atoms with E-state index in [4.69, 9.17) is 22.2 Å². The van der Waals surface area contributed by atoms with E-state index in [0.717, 1.165) is 16.8 Å². The molecule has 2 aromatic carbocycles. The highest BCUT2D eigenvalue weighted by molar-refractivity contribution is 8.27. The highest BCUT2D eigenvalue weighted by atomic mass is 32.2. The lowest BCUT2D eigenvalue weighted by Gasteiger charge is -2.16. The van der Waals surface area contributed by atoms with Crippen LogP contribution in [0.2, 0.25) is 0 Å². The first-order valence-corrected chi connectivity index (χ1v) is 8.76. The number of ether oxygens (including phenoxy) is 1. The van der Waals surface area contributed by atoms with Gasteiger partial charge >= 0.3 is 0 Å². The van der Waals surface area contributed by atoms with Gasteiger partial charge in [0.1, 0.15) is 11.8 Å². The zero-order chi connectivity index (χ0) is 17.8. The van der Waals surface area contributed by atoms with Gasteiger partial charge in [-0.25, -0.2) is 0 Å². The normalized spacial score (nSPS) is 15.5. The van der Waals surface area contributed by atoms with E-state index in [9.17, 15) is 4.79 Å². The molecule has 2 aromatic rings. The number of amides is 1.